The zero-order chi connectivity index (χ0) is 22.0. The highest BCUT2D eigenvalue weighted by Crippen LogP contribution is 2.39. The van der Waals surface area contributed by atoms with Crippen LogP contribution in [-0.2, 0) is 20.9 Å². The Labute approximate surface area is 197 Å². The Morgan fingerprint density at radius 2 is 2.06 bits per heavy atom. The number of piperidine rings is 1. The standard InChI is InChI=1S/C22H25FN4O3S.ClH/c1-30-20(28)13-27-16(11-24-25-27)10-15-12-26(9-8-19(15)31)21(22(29)14-6-7-14)17-4-2-3-5-18(17)23;/h2-5,10-11,14,19,21,31H,6-9,12-13H2,1H3;1H/b15-10-;. The summed E-state index contributed by atoms with van der Waals surface area (Å²) in [6.07, 6.45) is 5.92. The third-order valence-electron chi connectivity index (χ3n) is 5.81. The second kappa shape index (κ2) is 10.6. The van der Waals surface area contributed by atoms with Gasteiger partial charge in [0.25, 0.3) is 0 Å². The fourth-order valence-corrected chi connectivity index (χ4v) is 4.22. The number of esters is 1. The molecule has 0 radical (unpaired) electrons. The average molecular weight is 481 g/mol. The largest absolute Gasteiger partial charge is 0.468 e. The maximum atomic E-state index is 14.7. The lowest BCUT2D eigenvalue weighted by Crippen LogP contribution is -2.42. The minimum absolute atomic E-state index is 0. The van der Waals surface area contributed by atoms with Crippen molar-refractivity contribution in [1.29, 1.82) is 0 Å². The molecule has 1 aromatic heterocycles. The van der Waals surface area contributed by atoms with Gasteiger partial charge in [-0.1, -0.05) is 23.4 Å². The van der Waals surface area contributed by atoms with Gasteiger partial charge in [0.2, 0.25) is 0 Å². The summed E-state index contributed by atoms with van der Waals surface area (Å²) in [6.45, 7) is 1.06. The number of carbonyl (C=O) groups is 2. The van der Waals surface area contributed by atoms with E-state index in [4.69, 9.17) is 17.4 Å². The number of aromatic nitrogens is 3. The van der Waals surface area contributed by atoms with Crippen LogP contribution in [0, 0.1) is 11.7 Å². The van der Waals surface area contributed by atoms with Crippen LogP contribution >= 0.6 is 25.0 Å². The molecule has 32 heavy (non-hydrogen) atoms. The highest BCUT2D eigenvalue weighted by Gasteiger charge is 2.40. The molecule has 0 N–H and O–H groups in total. The number of hydrogen-bond donors (Lipinski definition) is 1. The van der Waals surface area contributed by atoms with Crippen molar-refractivity contribution in [2.75, 3.05) is 20.2 Å². The van der Waals surface area contributed by atoms with Crippen molar-refractivity contribution < 1.29 is 18.7 Å². The van der Waals surface area contributed by atoms with Crippen molar-refractivity contribution in [3.63, 3.8) is 0 Å². The number of carbonyl (C=O) groups excluding carboxylic acids is 2. The Morgan fingerprint density at radius 3 is 2.75 bits per heavy atom. The van der Waals surface area contributed by atoms with Gasteiger partial charge in [-0.15, -0.1) is 17.5 Å². The number of nitrogens with zero attached hydrogens (tertiary/aromatic N) is 4. The summed E-state index contributed by atoms with van der Waals surface area (Å²) in [5.74, 6) is -0.691. The first-order chi connectivity index (χ1) is 15.0. The first-order valence-electron chi connectivity index (χ1n) is 10.3. The quantitative estimate of drug-likeness (QED) is 0.484. The molecule has 1 aliphatic heterocycles. The molecule has 2 aromatic rings. The van der Waals surface area contributed by atoms with Crippen LogP contribution in [0.4, 0.5) is 4.39 Å². The van der Waals surface area contributed by atoms with Crippen LogP contribution in [-0.4, -0.2) is 57.1 Å². The summed E-state index contributed by atoms with van der Waals surface area (Å²) < 4.78 is 20.8. The summed E-state index contributed by atoms with van der Waals surface area (Å²) in [5, 5.41) is 7.82. The molecule has 0 bridgehead atoms. The van der Waals surface area contributed by atoms with E-state index in [0.29, 0.717) is 24.3 Å². The van der Waals surface area contributed by atoms with E-state index in [9.17, 15) is 14.0 Å². The molecule has 1 saturated heterocycles. The summed E-state index contributed by atoms with van der Waals surface area (Å²) in [5.41, 5.74) is 2.04. The zero-order valence-electron chi connectivity index (χ0n) is 17.7. The smallest absolute Gasteiger partial charge is 0.327 e. The monoisotopic (exact) mass is 480 g/mol. The van der Waals surface area contributed by atoms with Gasteiger partial charge >= 0.3 is 5.97 Å². The Morgan fingerprint density at radius 1 is 1.31 bits per heavy atom. The van der Waals surface area contributed by atoms with Crippen LogP contribution in [0.1, 0.15) is 36.6 Å². The third-order valence-corrected chi connectivity index (χ3v) is 6.39. The number of ketones is 1. The van der Waals surface area contributed by atoms with Gasteiger partial charge in [-0.25, -0.2) is 9.07 Å². The average Bonchev–Trinajstić information content (AvgIpc) is 3.53. The second-order valence-electron chi connectivity index (χ2n) is 7.99. The van der Waals surface area contributed by atoms with Gasteiger partial charge in [-0.2, -0.15) is 12.6 Å². The number of ether oxygens (including phenoxy) is 1. The van der Waals surface area contributed by atoms with Crippen molar-refractivity contribution in [2.45, 2.75) is 37.1 Å². The van der Waals surface area contributed by atoms with Gasteiger partial charge in [0.05, 0.1) is 25.0 Å². The number of hydrogen-bond acceptors (Lipinski definition) is 7. The van der Waals surface area contributed by atoms with E-state index in [0.717, 1.165) is 24.8 Å². The first-order valence-corrected chi connectivity index (χ1v) is 10.9. The molecular formula is C22H26ClFN4O3S. The fraction of sp³-hybridized carbons (Fsp3) is 0.455. The molecule has 4 rings (SSSR count). The van der Waals surface area contributed by atoms with E-state index in [2.05, 4.69) is 10.3 Å². The van der Waals surface area contributed by atoms with E-state index in [-0.39, 0.29) is 41.7 Å². The predicted octanol–water partition coefficient (Wildman–Crippen LogP) is 3.12. The van der Waals surface area contributed by atoms with Crippen molar-refractivity contribution in [3.05, 3.63) is 53.1 Å². The Balaban J connectivity index is 0.00000289. The van der Waals surface area contributed by atoms with E-state index < -0.39 is 12.0 Å². The molecule has 2 atom stereocenters. The maximum absolute atomic E-state index is 14.7. The van der Waals surface area contributed by atoms with E-state index in [1.165, 1.54) is 17.9 Å². The molecule has 172 valence electrons. The van der Waals surface area contributed by atoms with Crippen LogP contribution in [0.5, 0.6) is 0 Å². The molecule has 0 amide bonds. The molecular weight excluding hydrogens is 455 g/mol. The summed E-state index contributed by atoms with van der Waals surface area (Å²) in [4.78, 5) is 26.8. The van der Waals surface area contributed by atoms with Crippen molar-refractivity contribution in [1.82, 2.24) is 19.9 Å². The number of rotatable bonds is 7. The minimum atomic E-state index is -0.615. The van der Waals surface area contributed by atoms with E-state index in [1.807, 2.05) is 11.0 Å². The SMILES string of the molecule is COC(=O)Cn1nncc1/C=C1/CN(C(C(=O)C2CC2)c2ccccc2F)CCC1S.Cl. The molecule has 2 aliphatic rings. The zero-order valence-corrected chi connectivity index (χ0v) is 19.4. The molecule has 2 fully saturated rings. The topological polar surface area (TPSA) is 77.3 Å². The van der Waals surface area contributed by atoms with E-state index >= 15 is 0 Å². The highest BCUT2D eigenvalue weighted by molar-refractivity contribution is 7.81. The highest BCUT2D eigenvalue weighted by atomic mass is 35.5. The van der Waals surface area contributed by atoms with Gasteiger partial charge in [-0.05, 0) is 37.0 Å². The normalized spacial score (nSPS) is 21.1. The van der Waals surface area contributed by atoms with Gasteiger partial charge in [-0.3, -0.25) is 14.5 Å². The lowest BCUT2D eigenvalue weighted by molar-refractivity contribution is -0.141. The number of thiol groups is 1. The summed E-state index contributed by atoms with van der Waals surface area (Å²) in [6, 6.07) is 5.90. The van der Waals surface area contributed by atoms with Gasteiger partial charge < -0.3 is 4.74 Å². The first kappa shape index (κ1) is 24.4. The molecule has 1 saturated carbocycles. The number of likely N-dealkylation sites (tertiary alicyclic amines) is 1. The number of methoxy groups -OCH3 is 1. The molecule has 7 nitrogen and oxygen atoms in total. The molecule has 1 aromatic carbocycles. The Bertz CT molecular complexity index is 1010. The molecule has 0 spiro atoms. The van der Waals surface area contributed by atoms with Crippen LogP contribution in [0.2, 0.25) is 0 Å². The van der Waals surface area contributed by atoms with Crippen LogP contribution < -0.4 is 0 Å². The Hall–Kier alpha value is -2.23. The van der Waals surface area contributed by atoms with Crippen molar-refractivity contribution in [2.24, 2.45) is 5.92 Å². The van der Waals surface area contributed by atoms with Gasteiger partial charge in [0.1, 0.15) is 12.4 Å². The van der Waals surface area contributed by atoms with Crippen molar-refractivity contribution in [3.8, 4) is 0 Å². The molecule has 10 heteroatoms. The molecule has 1 aliphatic carbocycles. The molecule has 2 heterocycles. The minimum Gasteiger partial charge on any atom is -0.468 e. The lowest BCUT2D eigenvalue weighted by Gasteiger charge is -2.37. The number of Topliss-reactive ketones (excluding diaryl/α,β-unsaturated/α-hetero) is 1. The maximum Gasteiger partial charge on any atom is 0.327 e. The van der Waals surface area contributed by atoms with Crippen molar-refractivity contribution >= 4 is 42.9 Å². The second-order valence-corrected chi connectivity index (χ2v) is 8.61. The van der Waals surface area contributed by atoms with Crippen LogP contribution in [0.3, 0.4) is 0 Å². The van der Waals surface area contributed by atoms with Crippen LogP contribution in [0.25, 0.3) is 6.08 Å². The lowest BCUT2D eigenvalue weighted by atomic mass is 9.93. The summed E-state index contributed by atoms with van der Waals surface area (Å²) >= 11 is 4.72. The number of halogens is 2. The van der Waals surface area contributed by atoms with E-state index in [1.54, 1.807) is 24.4 Å². The summed E-state index contributed by atoms with van der Waals surface area (Å²) in [7, 11) is 1.32. The van der Waals surface area contributed by atoms with Gasteiger partial charge in [0, 0.05) is 29.8 Å². The van der Waals surface area contributed by atoms with Crippen LogP contribution in [0.15, 0.2) is 36.0 Å². The molecule has 2 unspecified atom stereocenters. The number of benzene rings is 1. The Kier molecular flexibility index (Phi) is 8.08. The predicted molar refractivity (Wildman–Crippen MR) is 123 cm³/mol. The fourth-order valence-electron chi connectivity index (χ4n) is 3.95. The van der Waals surface area contributed by atoms with Gasteiger partial charge in [0.15, 0.2) is 5.78 Å². The third kappa shape index (κ3) is 5.39.